The molecule has 0 radical (unpaired) electrons. The Morgan fingerprint density at radius 3 is 2.50 bits per heavy atom. The van der Waals surface area contributed by atoms with Gasteiger partial charge in [-0.05, 0) is 39.5 Å². The highest BCUT2D eigenvalue weighted by Gasteiger charge is 2.17. The normalized spacial score (nSPS) is 11.9. The maximum absolute atomic E-state index is 11.4. The first-order chi connectivity index (χ1) is 7.37. The Bertz CT molecular complexity index is 200. The first-order valence-corrected chi connectivity index (χ1v) is 6.28. The number of amides is 1. The van der Waals surface area contributed by atoms with Gasteiger partial charge in [0.05, 0.1) is 5.60 Å². The Morgan fingerprint density at radius 2 is 2.00 bits per heavy atom. The SMILES string of the molecule is CCOC(C)(C)CCNC(=O)CCC(C)C. The minimum Gasteiger partial charge on any atom is -0.376 e. The zero-order valence-corrected chi connectivity index (χ0v) is 11.4. The summed E-state index contributed by atoms with van der Waals surface area (Å²) in [6.07, 6.45) is 2.45. The van der Waals surface area contributed by atoms with E-state index < -0.39 is 0 Å². The lowest BCUT2D eigenvalue weighted by molar-refractivity contribution is -0.121. The number of ether oxygens (including phenoxy) is 1. The molecule has 0 spiro atoms. The molecule has 3 heteroatoms. The molecule has 0 saturated heterocycles. The smallest absolute Gasteiger partial charge is 0.220 e. The fourth-order valence-electron chi connectivity index (χ4n) is 1.47. The molecular weight excluding hydrogens is 202 g/mol. The average Bonchev–Trinajstić information content (AvgIpc) is 2.14. The first-order valence-electron chi connectivity index (χ1n) is 6.28. The number of rotatable bonds is 8. The van der Waals surface area contributed by atoms with Gasteiger partial charge in [0, 0.05) is 19.6 Å². The van der Waals surface area contributed by atoms with Gasteiger partial charge in [-0.3, -0.25) is 4.79 Å². The van der Waals surface area contributed by atoms with Gasteiger partial charge in [-0.15, -0.1) is 0 Å². The van der Waals surface area contributed by atoms with Crippen LogP contribution in [0, 0.1) is 5.92 Å². The lowest BCUT2D eigenvalue weighted by Gasteiger charge is -2.24. The summed E-state index contributed by atoms with van der Waals surface area (Å²) in [5.41, 5.74) is -0.139. The Labute approximate surface area is 99.9 Å². The third kappa shape index (κ3) is 8.72. The summed E-state index contributed by atoms with van der Waals surface area (Å²) in [7, 11) is 0. The minimum atomic E-state index is -0.139. The summed E-state index contributed by atoms with van der Waals surface area (Å²) in [5.74, 6) is 0.742. The molecule has 0 unspecified atom stereocenters. The predicted octanol–water partition coefficient (Wildman–Crippen LogP) is 2.74. The van der Waals surface area contributed by atoms with E-state index in [1.54, 1.807) is 0 Å². The largest absolute Gasteiger partial charge is 0.376 e. The molecule has 0 bridgehead atoms. The van der Waals surface area contributed by atoms with E-state index >= 15 is 0 Å². The van der Waals surface area contributed by atoms with Crippen molar-refractivity contribution in [1.82, 2.24) is 5.32 Å². The molecule has 0 aliphatic rings. The second-order valence-electron chi connectivity index (χ2n) is 5.23. The molecule has 0 aromatic carbocycles. The van der Waals surface area contributed by atoms with Gasteiger partial charge >= 0.3 is 0 Å². The monoisotopic (exact) mass is 229 g/mol. The van der Waals surface area contributed by atoms with Crippen molar-refractivity contribution in [2.24, 2.45) is 5.92 Å². The van der Waals surface area contributed by atoms with Crippen LogP contribution < -0.4 is 5.32 Å². The van der Waals surface area contributed by atoms with Crippen molar-refractivity contribution in [1.29, 1.82) is 0 Å². The van der Waals surface area contributed by atoms with Crippen LogP contribution in [0.25, 0.3) is 0 Å². The molecule has 0 rings (SSSR count). The summed E-state index contributed by atoms with van der Waals surface area (Å²) in [6, 6.07) is 0. The summed E-state index contributed by atoms with van der Waals surface area (Å²) < 4.78 is 5.56. The van der Waals surface area contributed by atoms with Gasteiger partial charge in [-0.2, -0.15) is 0 Å². The van der Waals surface area contributed by atoms with Crippen molar-refractivity contribution >= 4 is 5.91 Å². The maximum Gasteiger partial charge on any atom is 0.220 e. The van der Waals surface area contributed by atoms with Crippen molar-refractivity contribution in [2.75, 3.05) is 13.2 Å². The van der Waals surface area contributed by atoms with Gasteiger partial charge in [0.15, 0.2) is 0 Å². The van der Waals surface area contributed by atoms with E-state index in [-0.39, 0.29) is 11.5 Å². The Morgan fingerprint density at radius 1 is 1.38 bits per heavy atom. The van der Waals surface area contributed by atoms with Gasteiger partial charge in [-0.1, -0.05) is 13.8 Å². The Kier molecular flexibility index (Phi) is 7.39. The van der Waals surface area contributed by atoms with Crippen LogP contribution in [0.5, 0.6) is 0 Å². The van der Waals surface area contributed by atoms with Crippen LogP contribution in [0.4, 0.5) is 0 Å². The lowest BCUT2D eigenvalue weighted by atomic mass is 10.0. The second kappa shape index (κ2) is 7.66. The number of nitrogens with one attached hydrogen (secondary N) is 1. The average molecular weight is 229 g/mol. The van der Waals surface area contributed by atoms with Crippen LogP contribution >= 0.6 is 0 Å². The fraction of sp³-hybridized carbons (Fsp3) is 0.923. The van der Waals surface area contributed by atoms with E-state index in [1.165, 1.54) is 0 Å². The van der Waals surface area contributed by atoms with E-state index in [2.05, 4.69) is 33.0 Å². The highest BCUT2D eigenvalue weighted by Crippen LogP contribution is 2.13. The molecule has 0 aliphatic heterocycles. The molecule has 0 aromatic rings. The van der Waals surface area contributed by atoms with E-state index in [0.29, 0.717) is 25.5 Å². The van der Waals surface area contributed by atoms with Crippen molar-refractivity contribution in [3.8, 4) is 0 Å². The van der Waals surface area contributed by atoms with E-state index in [0.717, 1.165) is 12.8 Å². The quantitative estimate of drug-likeness (QED) is 0.695. The van der Waals surface area contributed by atoms with Gasteiger partial charge in [0.2, 0.25) is 5.91 Å². The molecule has 0 fully saturated rings. The second-order valence-corrected chi connectivity index (χ2v) is 5.23. The van der Waals surface area contributed by atoms with E-state index in [4.69, 9.17) is 4.74 Å². The molecule has 0 atom stereocenters. The summed E-state index contributed by atoms with van der Waals surface area (Å²) >= 11 is 0. The summed E-state index contributed by atoms with van der Waals surface area (Å²) in [6.45, 7) is 11.8. The summed E-state index contributed by atoms with van der Waals surface area (Å²) in [5, 5.41) is 2.93. The highest BCUT2D eigenvalue weighted by molar-refractivity contribution is 5.75. The predicted molar refractivity (Wildman–Crippen MR) is 67.4 cm³/mol. The minimum absolute atomic E-state index is 0.139. The molecule has 0 heterocycles. The van der Waals surface area contributed by atoms with E-state index in [1.807, 2.05) is 6.92 Å². The standard InChI is InChI=1S/C13H27NO2/c1-6-16-13(4,5)9-10-14-12(15)8-7-11(2)3/h11H,6-10H2,1-5H3,(H,14,15). The molecule has 16 heavy (non-hydrogen) atoms. The maximum atomic E-state index is 11.4. The van der Waals surface area contributed by atoms with Crippen molar-refractivity contribution < 1.29 is 9.53 Å². The third-order valence-corrected chi connectivity index (χ3v) is 2.53. The van der Waals surface area contributed by atoms with Crippen LogP contribution in [0.2, 0.25) is 0 Å². The molecular formula is C13H27NO2. The van der Waals surface area contributed by atoms with Crippen molar-refractivity contribution in [3.63, 3.8) is 0 Å². The summed E-state index contributed by atoms with van der Waals surface area (Å²) in [4.78, 5) is 11.4. The Hall–Kier alpha value is -0.570. The molecule has 1 N–H and O–H groups in total. The van der Waals surface area contributed by atoms with Crippen molar-refractivity contribution in [2.45, 2.75) is 59.5 Å². The molecule has 3 nitrogen and oxygen atoms in total. The molecule has 1 amide bonds. The highest BCUT2D eigenvalue weighted by atomic mass is 16.5. The number of hydrogen-bond acceptors (Lipinski definition) is 2. The van der Waals surface area contributed by atoms with Crippen LogP contribution in [0.15, 0.2) is 0 Å². The van der Waals surface area contributed by atoms with Crippen LogP contribution in [0.3, 0.4) is 0 Å². The van der Waals surface area contributed by atoms with Gasteiger partial charge < -0.3 is 10.1 Å². The van der Waals surface area contributed by atoms with Crippen LogP contribution in [0.1, 0.15) is 53.9 Å². The molecule has 0 aliphatic carbocycles. The zero-order chi connectivity index (χ0) is 12.6. The van der Waals surface area contributed by atoms with Gasteiger partial charge in [0.25, 0.3) is 0 Å². The number of hydrogen-bond donors (Lipinski definition) is 1. The molecule has 96 valence electrons. The van der Waals surface area contributed by atoms with Crippen LogP contribution in [-0.4, -0.2) is 24.7 Å². The topological polar surface area (TPSA) is 38.3 Å². The zero-order valence-electron chi connectivity index (χ0n) is 11.4. The fourth-order valence-corrected chi connectivity index (χ4v) is 1.47. The third-order valence-electron chi connectivity index (χ3n) is 2.53. The van der Waals surface area contributed by atoms with Gasteiger partial charge in [0.1, 0.15) is 0 Å². The van der Waals surface area contributed by atoms with Crippen molar-refractivity contribution in [3.05, 3.63) is 0 Å². The number of carbonyl (C=O) groups is 1. The molecule has 0 saturated carbocycles. The molecule has 0 aromatic heterocycles. The lowest BCUT2D eigenvalue weighted by Crippen LogP contribution is -2.32. The van der Waals surface area contributed by atoms with Gasteiger partial charge in [-0.25, -0.2) is 0 Å². The Balaban J connectivity index is 3.61. The van der Waals surface area contributed by atoms with E-state index in [9.17, 15) is 4.79 Å². The first kappa shape index (κ1) is 15.4. The van der Waals surface area contributed by atoms with Crippen LogP contribution in [-0.2, 0) is 9.53 Å². The number of carbonyl (C=O) groups excluding carboxylic acids is 1.